The average molecular weight is 298 g/mol. The Morgan fingerprint density at radius 1 is 1.32 bits per heavy atom. The summed E-state index contributed by atoms with van der Waals surface area (Å²) in [5, 5.41) is 14.3. The van der Waals surface area contributed by atoms with Crippen LogP contribution in [-0.2, 0) is 0 Å². The molecule has 2 aromatic rings. The minimum Gasteiger partial charge on any atom is -0.395 e. The van der Waals surface area contributed by atoms with Crippen LogP contribution in [-0.4, -0.2) is 35.7 Å². The van der Waals surface area contributed by atoms with Gasteiger partial charge in [-0.05, 0) is 29.3 Å². The van der Waals surface area contributed by atoms with E-state index in [1.165, 1.54) is 10.3 Å². The van der Waals surface area contributed by atoms with Crippen LogP contribution in [0.1, 0.15) is 18.5 Å². The summed E-state index contributed by atoms with van der Waals surface area (Å²) in [7, 11) is 0. The molecule has 0 bridgehead atoms. The van der Waals surface area contributed by atoms with Crippen molar-refractivity contribution in [1.82, 2.24) is 10.2 Å². The van der Waals surface area contributed by atoms with Crippen LogP contribution in [0.3, 0.4) is 0 Å². The first-order valence-electron chi connectivity index (χ1n) is 7.41. The second-order valence-electron chi connectivity index (χ2n) is 5.24. The number of aliphatic hydroxyl groups is 1. The van der Waals surface area contributed by atoms with Crippen LogP contribution in [0, 0.1) is 0 Å². The van der Waals surface area contributed by atoms with Crippen molar-refractivity contribution in [3.63, 3.8) is 0 Å². The third-order valence-corrected chi connectivity index (χ3v) is 3.62. The number of benzene rings is 2. The van der Waals surface area contributed by atoms with Gasteiger partial charge in [-0.1, -0.05) is 42.5 Å². The number of rotatable bonds is 6. The molecule has 22 heavy (non-hydrogen) atoms. The van der Waals surface area contributed by atoms with E-state index in [1.54, 1.807) is 6.08 Å². The van der Waals surface area contributed by atoms with E-state index in [0.717, 1.165) is 10.9 Å². The lowest BCUT2D eigenvalue weighted by atomic mass is 10.0. The predicted molar refractivity (Wildman–Crippen MR) is 89.8 cm³/mol. The van der Waals surface area contributed by atoms with E-state index in [4.69, 9.17) is 5.11 Å². The first kappa shape index (κ1) is 16.0. The van der Waals surface area contributed by atoms with Crippen LogP contribution in [0.25, 0.3) is 10.8 Å². The smallest absolute Gasteiger partial charge is 0.318 e. The number of carbonyl (C=O) groups excluding carboxylic acids is 1. The number of nitrogens with zero attached hydrogens (tertiary/aromatic N) is 1. The molecule has 2 aromatic carbocycles. The first-order chi connectivity index (χ1) is 10.7. The van der Waals surface area contributed by atoms with Gasteiger partial charge in [0.15, 0.2) is 0 Å². The van der Waals surface area contributed by atoms with E-state index in [1.807, 2.05) is 25.1 Å². The average Bonchev–Trinajstić information content (AvgIpc) is 2.54. The molecule has 0 spiro atoms. The van der Waals surface area contributed by atoms with Crippen molar-refractivity contribution in [2.24, 2.45) is 0 Å². The second kappa shape index (κ2) is 7.61. The van der Waals surface area contributed by atoms with Gasteiger partial charge in [-0.25, -0.2) is 4.79 Å². The Balaban J connectivity index is 2.10. The molecule has 1 atom stereocenters. The minimum atomic E-state index is -0.199. The third kappa shape index (κ3) is 3.86. The molecule has 4 nitrogen and oxygen atoms in total. The number of fused-ring (bicyclic) bond motifs is 1. The molecule has 4 heteroatoms. The highest BCUT2D eigenvalue weighted by Gasteiger charge is 2.15. The normalized spacial score (nSPS) is 11.9. The molecule has 0 saturated heterocycles. The summed E-state index contributed by atoms with van der Waals surface area (Å²) in [4.78, 5) is 13.8. The molecule has 2 amide bonds. The van der Waals surface area contributed by atoms with E-state index in [2.05, 4.69) is 36.2 Å². The van der Waals surface area contributed by atoms with Gasteiger partial charge in [0.1, 0.15) is 0 Å². The topological polar surface area (TPSA) is 52.6 Å². The SMILES string of the molecule is C=CCN(CCO)C(=O)NC(C)c1ccc2ccccc2c1. The molecule has 0 aliphatic heterocycles. The Morgan fingerprint density at radius 2 is 2.05 bits per heavy atom. The number of hydrogen-bond donors (Lipinski definition) is 2. The number of amides is 2. The number of carbonyl (C=O) groups is 1. The van der Waals surface area contributed by atoms with Crippen molar-refractivity contribution >= 4 is 16.8 Å². The Morgan fingerprint density at radius 3 is 2.73 bits per heavy atom. The molecule has 0 saturated carbocycles. The lowest BCUT2D eigenvalue weighted by Gasteiger charge is -2.23. The monoisotopic (exact) mass is 298 g/mol. The molecular weight excluding hydrogens is 276 g/mol. The van der Waals surface area contributed by atoms with Crippen LogP contribution < -0.4 is 5.32 Å². The van der Waals surface area contributed by atoms with E-state index in [0.29, 0.717) is 13.1 Å². The Kier molecular flexibility index (Phi) is 5.55. The summed E-state index contributed by atoms with van der Waals surface area (Å²) >= 11 is 0. The van der Waals surface area contributed by atoms with Crippen LogP contribution in [0.5, 0.6) is 0 Å². The summed E-state index contributed by atoms with van der Waals surface area (Å²) in [6, 6.07) is 14.0. The number of nitrogens with one attached hydrogen (secondary N) is 1. The Labute approximate surface area is 131 Å². The van der Waals surface area contributed by atoms with Crippen LogP contribution >= 0.6 is 0 Å². The van der Waals surface area contributed by atoms with Gasteiger partial charge in [-0.15, -0.1) is 6.58 Å². The molecular formula is C18H22N2O2. The van der Waals surface area contributed by atoms with Gasteiger partial charge >= 0.3 is 6.03 Å². The molecule has 0 fully saturated rings. The Bertz CT molecular complexity index is 654. The Hall–Kier alpha value is -2.33. The predicted octanol–water partition coefficient (Wildman–Crippen LogP) is 3.09. The standard InChI is InChI=1S/C18H22N2O2/c1-3-10-20(11-12-21)18(22)19-14(2)16-9-8-15-6-4-5-7-17(15)13-16/h3-9,13-14,21H,1,10-12H2,2H3,(H,19,22). The summed E-state index contributed by atoms with van der Waals surface area (Å²) in [5.74, 6) is 0. The molecule has 0 aliphatic rings. The molecule has 2 N–H and O–H groups in total. The number of aliphatic hydroxyl groups excluding tert-OH is 1. The lowest BCUT2D eigenvalue weighted by molar-refractivity contribution is 0.181. The summed E-state index contributed by atoms with van der Waals surface area (Å²) < 4.78 is 0. The van der Waals surface area contributed by atoms with Gasteiger partial charge in [0.25, 0.3) is 0 Å². The zero-order valence-electron chi connectivity index (χ0n) is 12.8. The molecule has 116 valence electrons. The first-order valence-corrected chi connectivity index (χ1v) is 7.41. The van der Waals surface area contributed by atoms with Crippen molar-refractivity contribution in [3.05, 3.63) is 60.7 Å². The van der Waals surface area contributed by atoms with E-state index in [9.17, 15) is 4.79 Å². The zero-order valence-corrected chi connectivity index (χ0v) is 12.8. The molecule has 2 rings (SSSR count). The van der Waals surface area contributed by atoms with Gasteiger partial charge in [0.05, 0.1) is 12.6 Å². The fourth-order valence-electron chi connectivity index (χ4n) is 2.39. The highest BCUT2D eigenvalue weighted by molar-refractivity contribution is 5.83. The lowest BCUT2D eigenvalue weighted by Crippen LogP contribution is -2.42. The summed E-state index contributed by atoms with van der Waals surface area (Å²) in [6.07, 6.45) is 1.65. The highest BCUT2D eigenvalue weighted by Crippen LogP contribution is 2.20. The fourth-order valence-corrected chi connectivity index (χ4v) is 2.39. The molecule has 0 aliphatic carbocycles. The van der Waals surface area contributed by atoms with Crippen LogP contribution in [0.2, 0.25) is 0 Å². The van der Waals surface area contributed by atoms with Crippen molar-refractivity contribution in [2.45, 2.75) is 13.0 Å². The maximum Gasteiger partial charge on any atom is 0.318 e. The quantitative estimate of drug-likeness (QED) is 0.805. The molecule has 0 heterocycles. The highest BCUT2D eigenvalue weighted by atomic mass is 16.3. The van der Waals surface area contributed by atoms with Crippen LogP contribution in [0.4, 0.5) is 4.79 Å². The van der Waals surface area contributed by atoms with Crippen LogP contribution in [0.15, 0.2) is 55.1 Å². The van der Waals surface area contributed by atoms with Crippen molar-refractivity contribution < 1.29 is 9.90 Å². The minimum absolute atomic E-state index is 0.0639. The zero-order chi connectivity index (χ0) is 15.9. The van der Waals surface area contributed by atoms with Gasteiger partial charge in [-0.2, -0.15) is 0 Å². The van der Waals surface area contributed by atoms with Gasteiger partial charge in [-0.3, -0.25) is 0 Å². The number of urea groups is 1. The number of hydrogen-bond acceptors (Lipinski definition) is 2. The van der Waals surface area contributed by atoms with E-state index < -0.39 is 0 Å². The third-order valence-electron chi connectivity index (χ3n) is 3.62. The largest absolute Gasteiger partial charge is 0.395 e. The molecule has 0 aromatic heterocycles. The second-order valence-corrected chi connectivity index (χ2v) is 5.24. The summed E-state index contributed by atoms with van der Waals surface area (Å²) in [5.41, 5.74) is 1.05. The molecule has 0 radical (unpaired) electrons. The van der Waals surface area contributed by atoms with Gasteiger partial charge in [0, 0.05) is 13.1 Å². The maximum atomic E-state index is 12.2. The van der Waals surface area contributed by atoms with Crippen molar-refractivity contribution in [1.29, 1.82) is 0 Å². The maximum absolute atomic E-state index is 12.2. The summed E-state index contributed by atoms with van der Waals surface area (Å²) in [6.45, 7) is 6.23. The fraction of sp³-hybridized carbons (Fsp3) is 0.278. The van der Waals surface area contributed by atoms with E-state index >= 15 is 0 Å². The van der Waals surface area contributed by atoms with Gasteiger partial charge in [0.2, 0.25) is 0 Å². The molecule has 1 unspecified atom stereocenters. The van der Waals surface area contributed by atoms with Crippen molar-refractivity contribution in [3.8, 4) is 0 Å². The van der Waals surface area contributed by atoms with E-state index in [-0.39, 0.29) is 18.7 Å². The van der Waals surface area contributed by atoms with Crippen molar-refractivity contribution in [2.75, 3.05) is 19.7 Å². The van der Waals surface area contributed by atoms with Gasteiger partial charge < -0.3 is 15.3 Å².